The monoisotopic (exact) mass is 580 g/mol. The van der Waals surface area contributed by atoms with Crippen molar-refractivity contribution < 1.29 is 14.5 Å². The van der Waals surface area contributed by atoms with E-state index in [4.69, 9.17) is 4.74 Å². The Kier molecular flexibility index (Phi) is 6.77. The van der Waals surface area contributed by atoms with Crippen LogP contribution in [0.25, 0.3) is 20.3 Å². The number of amides is 1. The molecule has 0 aliphatic heterocycles. The van der Waals surface area contributed by atoms with E-state index >= 15 is 0 Å². The number of nitro benzene ring substituents is 1. The Bertz CT molecular complexity index is 1630. The lowest BCUT2D eigenvalue weighted by molar-refractivity contribution is -0.384. The smallest absolute Gasteiger partial charge is 0.290 e. The molecule has 0 fully saturated rings. The van der Waals surface area contributed by atoms with E-state index in [9.17, 15) is 14.9 Å². The summed E-state index contributed by atoms with van der Waals surface area (Å²) in [7, 11) is 0. The summed E-state index contributed by atoms with van der Waals surface area (Å²) < 4.78 is 8.07. The summed E-state index contributed by atoms with van der Waals surface area (Å²) in [6.07, 6.45) is 1.59. The molecule has 2 heterocycles. The molecule has 0 spiro atoms. The number of hydrogen-bond acceptors (Lipinski definition) is 8. The van der Waals surface area contributed by atoms with Gasteiger partial charge < -0.3 is 4.74 Å². The van der Waals surface area contributed by atoms with Gasteiger partial charge in [0, 0.05) is 26.7 Å². The molecule has 0 aliphatic carbocycles. The van der Waals surface area contributed by atoms with Crippen molar-refractivity contribution in [2.75, 3.05) is 11.6 Å². The van der Waals surface area contributed by atoms with Gasteiger partial charge >= 0.3 is 0 Å². The van der Waals surface area contributed by atoms with Crippen molar-refractivity contribution in [3.8, 4) is 5.75 Å². The van der Waals surface area contributed by atoms with Crippen molar-refractivity contribution in [1.29, 1.82) is 0 Å². The minimum absolute atomic E-state index is 0.0265. The minimum atomic E-state index is -0.453. The highest BCUT2D eigenvalue weighted by atomic mass is 79.9. The summed E-state index contributed by atoms with van der Waals surface area (Å²) >= 11 is 6.07. The Labute approximate surface area is 221 Å². The molecular formula is C25H17BrN4O4S2. The first kappa shape index (κ1) is 24.0. The number of aromatic nitrogens is 1. The number of non-ortho nitro benzene ring substituents is 1. The molecule has 0 saturated carbocycles. The average molecular weight is 581 g/mol. The lowest BCUT2D eigenvalue weighted by Gasteiger charge is -2.12. The number of halogens is 1. The molecule has 11 heteroatoms. The average Bonchev–Trinajstić information content (AvgIpc) is 3.48. The van der Waals surface area contributed by atoms with Crippen LogP contribution >= 0.6 is 38.6 Å². The van der Waals surface area contributed by atoms with Gasteiger partial charge in [-0.2, -0.15) is 10.1 Å². The van der Waals surface area contributed by atoms with Crippen LogP contribution in [0.3, 0.4) is 0 Å². The van der Waals surface area contributed by atoms with Crippen LogP contribution in [0.4, 0.5) is 10.8 Å². The van der Waals surface area contributed by atoms with E-state index in [1.165, 1.54) is 39.8 Å². The number of hydrazone groups is 1. The quantitative estimate of drug-likeness (QED) is 0.114. The predicted octanol–water partition coefficient (Wildman–Crippen LogP) is 7.26. The van der Waals surface area contributed by atoms with Crippen molar-refractivity contribution in [3.63, 3.8) is 0 Å². The van der Waals surface area contributed by atoms with Crippen LogP contribution in [0, 0.1) is 10.1 Å². The van der Waals surface area contributed by atoms with Gasteiger partial charge in [-0.05, 0) is 67.1 Å². The first-order valence-corrected chi connectivity index (χ1v) is 13.2. The molecule has 180 valence electrons. The molecule has 0 saturated heterocycles. The summed E-state index contributed by atoms with van der Waals surface area (Å²) in [5, 5.41) is 18.0. The molecular weight excluding hydrogens is 564 g/mol. The van der Waals surface area contributed by atoms with Crippen molar-refractivity contribution >= 4 is 81.8 Å². The van der Waals surface area contributed by atoms with Crippen LogP contribution in [0.1, 0.15) is 22.2 Å². The molecule has 0 N–H and O–H groups in total. The molecule has 0 aliphatic rings. The third-order valence-corrected chi connectivity index (χ3v) is 7.74. The van der Waals surface area contributed by atoms with E-state index in [2.05, 4.69) is 26.0 Å². The van der Waals surface area contributed by atoms with Gasteiger partial charge in [-0.3, -0.25) is 14.9 Å². The number of hydrogen-bond donors (Lipinski definition) is 0. The van der Waals surface area contributed by atoms with Crippen LogP contribution < -0.4 is 9.75 Å². The van der Waals surface area contributed by atoms with Gasteiger partial charge in [0.1, 0.15) is 5.75 Å². The normalized spacial score (nSPS) is 11.4. The number of benzene rings is 3. The van der Waals surface area contributed by atoms with Crippen LogP contribution in [0.2, 0.25) is 0 Å². The van der Waals surface area contributed by atoms with Gasteiger partial charge in [0.05, 0.1) is 32.8 Å². The van der Waals surface area contributed by atoms with Crippen molar-refractivity contribution in [1.82, 2.24) is 4.98 Å². The van der Waals surface area contributed by atoms with Gasteiger partial charge in [-0.25, -0.2) is 4.98 Å². The topological polar surface area (TPSA) is 97.9 Å². The molecule has 0 atom stereocenters. The SMILES string of the molecule is CCOc1ccc(/C=N/N(C(=O)c2cc3cc([N+](=O)[O-])ccc3s2)c2nc3ccc(Br)cc3s2)cc1. The third-order valence-electron chi connectivity index (χ3n) is 5.15. The summed E-state index contributed by atoms with van der Waals surface area (Å²) in [4.78, 5) is 29.4. The number of rotatable bonds is 7. The van der Waals surface area contributed by atoms with E-state index in [1.807, 2.05) is 49.4 Å². The lowest BCUT2D eigenvalue weighted by atomic mass is 10.2. The van der Waals surface area contributed by atoms with Crippen molar-refractivity contribution in [2.24, 2.45) is 5.10 Å². The number of nitrogens with zero attached hydrogens (tertiary/aromatic N) is 4. The number of carbonyl (C=O) groups excluding carboxylic acids is 1. The summed E-state index contributed by atoms with van der Waals surface area (Å²) in [5.41, 5.74) is 1.51. The first-order valence-electron chi connectivity index (χ1n) is 10.8. The maximum absolute atomic E-state index is 13.7. The molecule has 8 nitrogen and oxygen atoms in total. The first-order chi connectivity index (χ1) is 17.4. The van der Waals surface area contributed by atoms with Crippen molar-refractivity contribution in [3.05, 3.63) is 91.8 Å². The van der Waals surface area contributed by atoms with Crippen LogP contribution in [-0.2, 0) is 0 Å². The summed E-state index contributed by atoms with van der Waals surface area (Å²) in [6, 6.07) is 19.3. The standard InChI is InChI=1S/C25H17BrN4O4S2/c1-2-34-19-7-3-15(4-8-19)14-27-29(25-28-20-9-5-17(26)13-22(20)36-25)24(31)23-12-16-11-18(30(32)33)6-10-21(16)35-23/h3-14H,2H2,1H3/b27-14+. The Morgan fingerprint density at radius 3 is 2.67 bits per heavy atom. The molecule has 5 rings (SSSR count). The fourth-order valence-electron chi connectivity index (χ4n) is 3.46. The highest BCUT2D eigenvalue weighted by Gasteiger charge is 2.23. The number of ether oxygens (including phenoxy) is 1. The van der Waals surface area contributed by atoms with E-state index in [0.29, 0.717) is 22.0 Å². The summed E-state index contributed by atoms with van der Waals surface area (Å²) in [5.74, 6) is 0.373. The Balaban J connectivity index is 1.54. The number of anilines is 1. The maximum Gasteiger partial charge on any atom is 0.290 e. The van der Waals surface area contributed by atoms with E-state index in [1.54, 1.807) is 18.3 Å². The number of carbonyl (C=O) groups is 1. The summed E-state index contributed by atoms with van der Waals surface area (Å²) in [6.45, 7) is 2.49. The van der Waals surface area contributed by atoms with E-state index in [-0.39, 0.29) is 11.6 Å². The number of fused-ring (bicyclic) bond motifs is 2. The molecule has 5 aromatic rings. The fourth-order valence-corrected chi connectivity index (χ4v) is 5.90. The van der Waals surface area contributed by atoms with Gasteiger partial charge in [-0.15, -0.1) is 11.3 Å². The lowest BCUT2D eigenvalue weighted by Crippen LogP contribution is -2.24. The molecule has 0 unspecified atom stereocenters. The van der Waals surface area contributed by atoms with Crippen LogP contribution in [0.15, 0.2) is 76.3 Å². The highest BCUT2D eigenvalue weighted by Crippen LogP contribution is 2.34. The van der Waals surface area contributed by atoms with Gasteiger partial charge in [-0.1, -0.05) is 27.3 Å². The molecule has 36 heavy (non-hydrogen) atoms. The highest BCUT2D eigenvalue weighted by molar-refractivity contribution is 9.10. The second-order valence-electron chi connectivity index (χ2n) is 7.56. The largest absolute Gasteiger partial charge is 0.494 e. The van der Waals surface area contributed by atoms with Gasteiger partial charge in [0.15, 0.2) is 0 Å². The van der Waals surface area contributed by atoms with Gasteiger partial charge in [0.2, 0.25) is 5.13 Å². The second kappa shape index (κ2) is 10.1. The zero-order chi connectivity index (χ0) is 25.2. The number of thiophene rings is 1. The molecule has 0 radical (unpaired) electrons. The van der Waals surface area contributed by atoms with Crippen LogP contribution in [-0.4, -0.2) is 28.6 Å². The Morgan fingerprint density at radius 1 is 1.11 bits per heavy atom. The molecule has 2 aromatic heterocycles. The van der Waals surface area contributed by atoms with Gasteiger partial charge in [0.25, 0.3) is 11.6 Å². The molecule has 0 bridgehead atoms. The predicted molar refractivity (Wildman–Crippen MR) is 148 cm³/mol. The van der Waals surface area contributed by atoms with E-state index in [0.717, 1.165) is 30.7 Å². The Hall–Kier alpha value is -3.67. The molecule has 3 aromatic carbocycles. The number of thiazole rings is 1. The van der Waals surface area contributed by atoms with E-state index < -0.39 is 4.92 Å². The zero-order valence-electron chi connectivity index (χ0n) is 18.8. The zero-order valence-corrected chi connectivity index (χ0v) is 22.0. The fraction of sp³-hybridized carbons (Fsp3) is 0.0800. The minimum Gasteiger partial charge on any atom is -0.494 e. The molecule has 1 amide bonds. The van der Waals surface area contributed by atoms with Crippen LogP contribution in [0.5, 0.6) is 5.75 Å². The van der Waals surface area contributed by atoms with Crippen molar-refractivity contribution in [2.45, 2.75) is 6.92 Å². The third kappa shape index (κ3) is 4.99. The Morgan fingerprint density at radius 2 is 1.92 bits per heavy atom. The number of nitro groups is 1. The second-order valence-corrected chi connectivity index (χ2v) is 10.6. The maximum atomic E-state index is 13.7.